The van der Waals surface area contributed by atoms with Gasteiger partial charge in [-0.25, -0.2) is 4.98 Å². The average Bonchev–Trinajstić information content (AvgIpc) is 2.80. The van der Waals surface area contributed by atoms with Gasteiger partial charge in [0.2, 0.25) is 5.91 Å². The molecule has 1 amide bonds. The normalized spacial score (nSPS) is 10.1. The second-order valence-corrected chi connectivity index (χ2v) is 4.66. The highest BCUT2D eigenvalue weighted by Crippen LogP contribution is 2.16. The Morgan fingerprint density at radius 3 is 2.89 bits per heavy atom. The van der Waals surface area contributed by atoms with Crippen LogP contribution in [-0.4, -0.2) is 47.0 Å². The Bertz CT molecular complexity index is 419. The molecule has 0 unspecified atom stereocenters. The first kappa shape index (κ1) is 14.4. The van der Waals surface area contributed by atoms with Crippen molar-refractivity contribution in [2.24, 2.45) is 0 Å². The number of thiazole rings is 1. The van der Waals surface area contributed by atoms with E-state index in [-0.39, 0.29) is 18.9 Å². The van der Waals surface area contributed by atoms with E-state index in [0.717, 1.165) is 5.69 Å². The number of nitrogens with zero attached hydrogens (tertiary/aromatic N) is 2. The van der Waals surface area contributed by atoms with E-state index in [4.69, 9.17) is 5.11 Å². The summed E-state index contributed by atoms with van der Waals surface area (Å²) in [7, 11) is 1.74. The lowest BCUT2D eigenvalue weighted by Gasteiger charge is -2.14. The number of carboxylic acids is 1. The number of rotatable bonds is 7. The summed E-state index contributed by atoms with van der Waals surface area (Å²) in [6, 6.07) is 0. The van der Waals surface area contributed by atoms with Crippen LogP contribution in [0.15, 0.2) is 5.38 Å². The second-order valence-electron chi connectivity index (χ2n) is 3.80. The fourth-order valence-electron chi connectivity index (χ4n) is 1.20. The minimum atomic E-state index is -0.836. The number of carbonyl (C=O) groups is 2. The molecule has 0 aliphatic heterocycles. The molecule has 1 aromatic rings. The highest BCUT2D eigenvalue weighted by atomic mass is 32.1. The van der Waals surface area contributed by atoms with Crippen LogP contribution in [0.5, 0.6) is 0 Å². The number of amides is 1. The summed E-state index contributed by atoms with van der Waals surface area (Å²) in [4.78, 5) is 27.8. The van der Waals surface area contributed by atoms with Crippen molar-refractivity contribution in [3.05, 3.63) is 11.1 Å². The molecule has 7 heteroatoms. The van der Waals surface area contributed by atoms with Crippen molar-refractivity contribution in [3.63, 3.8) is 0 Å². The van der Waals surface area contributed by atoms with E-state index in [1.807, 2.05) is 6.92 Å². The minimum absolute atomic E-state index is 0.000198. The number of anilines is 1. The van der Waals surface area contributed by atoms with E-state index in [2.05, 4.69) is 10.3 Å². The molecule has 0 aromatic carbocycles. The van der Waals surface area contributed by atoms with Gasteiger partial charge in [0.15, 0.2) is 5.13 Å². The Morgan fingerprint density at radius 2 is 2.28 bits per heavy atom. The third-order valence-corrected chi connectivity index (χ3v) is 3.29. The van der Waals surface area contributed by atoms with Gasteiger partial charge in [-0.15, -0.1) is 11.3 Å². The van der Waals surface area contributed by atoms with Crippen LogP contribution in [0, 0.1) is 0 Å². The van der Waals surface area contributed by atoms with Gasteiger partial charge in [0.25, 0.3) is 0 Å². The van der Waals surface area contributed by atoms with Crippen LogP contribution >= 0.6 is 11.3 Å². The molecule has 0 atom stereocenters. The average molecular weight is 271 g/mol. The molecule has 6 nitrogen and oxygen atoms in total. The summed E-state index contributed by atoms with van der Waals surface area (Å²) in [6.07, 6.45) is 0.483. The number of aromatic nitrogens is 1. The zero-order valence-corrected chi connectivity index (χ0v) is 11.3. The van der Waals surface area contributed by atoms with Gasteiger partial charge < -0.3 is 15.3 Å². The molecule has 0 bridgehead atoms. The van der Waals surface area contributed by atoms with E-state index >= 15 is 0 Å². The van der Waals surface area contributed by atoms with Crippen LogP contribution in [-0.2, 0) is 16.0 Å². The topological polar surface area (TPSA) is 82.5 Å². The molecule has 0 spiro atoms. The number of nitrogens with one attached hydrogen (secondary N) is 1. The van der Waals surface area contributed by atoms with Crippen molar-refractivity contribution in [3.8, 4) is 0 Å². The Balaban J connectivity index is 2.39. The van der Waals surface area contributed by atoms with Gasteiger partial charge in [0, 0.05) is 25.4 Å². The summed E-state index contributed by atoms with van der Waals surface area (Å²) in [5.74, 6) is -0.836. The predicted octanol–water partition coefficient (Wildman–Crippen LogP) is 1.05. The van der Waals surface area contributed by atoms with Gasteiger partial charge in [-0.2, -0.15) is 0 Å². The quantitative estimate of drug-likeness (QED) is 0.774. The molecule has 18 heavy (non-hydrogen) atoms. The number of hydrogen-bond donors (Lipinski definition) is 2. The number of hydrogen-bond acceptors (Lipinski definition) is 5. The third kappa shape index (κ3) is 4.70. The van der Waals surface area contributed by atoms with Crippen molar-refractivity contribution >= 4 is 28.3 Å². The molecular weight excluding hydrogens is 254 g/mol. The summed E-state index contributed by atoms with van der Waals surface area (Å²) in [6.45, 7) is 2.78. The zero-order valence-electron chi connectivity index (χ0n) is 10.5. The Kier molecular flexibility index (Phi) is 5.57. The third-order valence-electron chi connectivity index (χ3n) is 2.44. The van der Waals surface area contributed by atoms with E-state index in [1.54, 1.807) is 17.3 Å². The Labute approximate surface area is 110 Å². The first-order valence-corrected chi connectivity index (χ1v) is 6.55. The van der Waals surface area contributed by atoms with E-state index in [0.29, 0.717) is 18.1 Å². The number of aryl methyl sites for hydroxylation is 1. The highest BCUT2D eigenvalue weighted by Gasteiger charge is 2.08. The maximum Gasteiger partial charge on any atom is 0.303 e. The van der Waals surface area contributed by atoms with Crippen LogP contribution in [0.2, 0.25) is 0 Å². The largest absolute Gasteiger partial charge is 0.481 e. The lowest BCUT2D eigenvalue weighted by Crippen LogP contribution is -2.31. The molecule has 0 saturated heterocycles. The van der Waals surface area contributed by atoms with Crippen LogP contribution in [0.4, 0.5) is 5.13 Å². The fraction of sp³-hybridized carbons (Fsp3) is 0.545. The maximum atomic E-state index is 11.5. The minimum Gasteiger partial charge on any atom is -0.481 e. The molecule has 1 heterocycles. The summed E-state index contributed by atoms with van der Waals surface area (Å²) in [5, 5.41) is 13.9. The maximum absolute atomic E-state index is 11.5. The van der Waals surface area contributed by atoms with Gasteiger partial charge in [-0.05, 0) is 6.92 Å². The first-order chi connectivity index (χ1) is 8.52. The molecule has 0 saturated carbocycles. The zero-order chi connectivity index (χ0) is 13.5. The van der Waals surface area contributed by atoms with Crippen molar-refractivity contribution in [1.29, 1.82) is 0 Å². The molecule has 0 aliphatic rings. The number of carbonyl (C=O) groups excluding carboxylic acids is 1. The van der Waals surface area contributed by atoms with Crippen LogP contribution < -0.4 is 5.32 Å². The molecular formula is C11H17N3O3S. The molecule has 2 N–H and O–H groups in total. The Hall–Kier alpha value is -1.63. The second kappa shape index (κ2) is 6.95. The van der Waals surface area contributed by atoms with Crippen LogP contribution in [0.3, 0.4) is 0 Å². The summed E-state index contributed by atoms with van der Waals surface area (Å²) in [5.41, 5.74) is 0.737. The van der Waals surface area contributed by atoms with Crippen molar-refractivity contribution in [2.45, 2.75) is 19.8 Å². The summed E-state index contributed by atoms with van der Waals surface area (Å²) < 4.78 is 0. The van der Waals surface area contributed by atoms with E-state index in [1.165, 1.54) is 11.3 Å². The van der Waals surface area contributed by atoms with Crippen molar-refractivity contribution in [2.75, 3.05) is 25.5 Å². The SMILES string of the molecule is CCN(C)C(=O)CNc1nc(CCC(=O)O)cs1. The fourth-order valence-corrected chi connectivity index (χ4v) is 1.94. The number of aliphatic carboxylic acids is 1. The monoisotopic (exact) mass is 271 g/mol. The first-order valence-electron chi connectivity index (χ1n) is 5.67. The molecule has 1 rings (SSSR count). The van der Waals surface area contributed by atoms with Gasteiger partial charge >= 0.3 is 5.97 Å². The van der Waals surface area contributed by atoms with Gasteiger partial charge in [0.05, 0.1) is 18.7 Å². The van der Waals surface area contributed by atoms with E-state index < -0.39 is 5.97 Å². The molecule has 0 aliphatic carbocycles. The van der Waals surface area contributed by atoms with Gasteiger partial charge in [0.1, 0.15) is 0 Å². The van der Waals surface area contributed by atoms with Crippen LogP contribution in [0.25, 0.3) is 0 Å². The predicted molar refractivity (Wildman–Crippen MR) is 69.9 cm³/mol. The molecule has 0 radical (unpaired) electrons. The smallest absolute Gasteiger partial charge is 0.303 e. The number of likely N-dealkylation sites (N-methyl/N-ethyl adjacent to an activating group) is 1. The van der Waals surface area contributed by atoms with Crippen molar-refractivity contribution in [1.82, 2.24) is 9.88 Å². The van der Waals surface area contributed by atoms with Gasteiger partial charge in [-0.1, -0.05) is 0 Å². The molecule has 0 fully saturated rings. The van der Waals surface area contributed by atoms with Crippen LogP contribution in [0.1, 0.15) is 19.0 Å². The highest BCUT2D eigenvalue weighted by molar-refractivity contribution is 7.13. The summed E-state index contributed by atoms with van der Waals surface area (Å²) >= 11 is 1.38. The van der Waals surface area contributed by atoms with Crippen molar-refractivity contribution < 1.29 is 14.7 Å². The Morgan fingerprint density at radius 1 is 1.56 bits per heavy atom. The van der Waals surface area contributed by atoms with E-state index in [9.17, 15) is 9.59 Å². The van der Waals surface area contributed by atoms with Gasteiger partial charge in [-0.3, -0.25) is 9.59 Å². The number of carboxylic acid groups (broad SMARTS) is 1. The molecule has 1 aromatic heterocycles. The standard InChI is InChI=1S/C11H17N3O3S/c1-3-14(2)9(15)6-12-11-13-8(7-18-11)4-5-10(16)17/h7H,3-6H2,1-2H3,(H,12,13)(H,16,17). The lowest BCUT2D eigenvalue weighted by molar-refractivity contribution is -0.137. The lowest BCUT2D eigenvalue weighted by atomic mass is 10.2. The molecule has 100 valence electrons.